The molecule has 2 amide bonds. The molecular formula is C27H30FN5O7S. The molecule has 12 nitrogen and oxygen atoms in total. The first kappa shape index (κ1) is 28.5. The van der Waals surface area contributed by atoms with E-state index in [0.29, 0.717) is 30.8 Å². The molecule has 218 valence electrons. The van der Waals surface area contributed by atoms with Crippen LogP contribution in [0.5, 0.6) is 5.75 Å². The van der Waals surface area contributed by atoms with Gasteiger partial charge in [-0.3, -0.25) is 4.79 Å². The molecule has 2 aromatic carbocycles. The van der Waals surface area contributed by atoms with Gasteiger partial charge in [-0.05, 0) is 50.1 Å². The van der Waals surface area contributed by atoms with E-state index in [-0.39, 0.29) is 46.4 Å². The molecule has 41 heavy (non-hydrogen) atoms. The van der Waals surface area contributed by atoms with Gasteiger partial charge in [-0.1, -0.05) is 17.3 Å². The molecular weight excluding hydrogens is 557 g/mol. The normalized spacial score (nSPS) is 20.2. The number of likely N-dealkylation sites (tertiary alicyclic amines) is 1. The van der Waals surface area contributed by atoms with Gasteiger partial charge in [0.05, 0.1) is 53.6 Å². The summed E-state index contributed by atoms with van der Waals surface area (Å²) in [7, 11) is -2.82. The van der Waals surface area contributed by atoms with Crippen LogP contribution in [0, 0.1) is 5.82 Å². The average molecular weight is 588 g/mol. The van der Waals surface area contributed by atoms with Crippen molar-refractivity contribution in [2.75, 3.05) is 30.9 Å². The van der Waals surface area contributed by atoms with Gasteiger partial charge in [0.1, 0.15) is 11.6 Å². The maximum Gasteiger partial charge on any atom is 0.409 e. The summed E-state index contributed by atoms with van der Waals surface area (Å²) in [4.78, 5) is 31.9. The predicted molar refractivity (Wildman–Crippen MR) is 144 cm³/mol. The molecule has 2 aliphatic rings. The Morgan fingerprint density at radius 1 is 1.24 bits per heavy atom. The third-order valence-corrected chi connectivity index (χ3v) is 8.74. The average Bonchev–Trinajstić information content (AvgIpc) is 3.60. The SMILES string of the molecule is COC(=O)N1CCC(c2nc(-c3cc4c(cc3F)S(=O)(=O)C[C@H](N)C(=O)N4Cc3ccc(OC(C)C)cc3)no2)C1. The van der Waals surface area contributed by atoms with Gasteiger partial charge in [-0.25, -0.2) is 17.6 Å². The van der Waals surface area contributed by atoms with E-state index in [1.54, 1.807) is 24.3 Å². The Hall–Kier alpha value is -4.04. The number of carbonyl (C=O) groups is 2. The molecule has 0 aliphatic carbocycles. The summed E-state index contributed by atoms with van der Waals surface area (Å²) in [5.41, 5.74) is 6.49. The van der Waals surface area contributed by atoms with Crippen LogP contribution in [0.25, 0.3) is 11.4 Å². The first-order valence-electron chi connectivity index (χ1n) is 13.0. The standard InChI is InChI=1S/C27H30FN5O7S/c1-15(2)39-18-6-4-16(5-7-18)12-33-22-10-19(20(28)11-23(22)41(36,37)14-21(29)26(33)34)24-30-25(40-31-24)17-8-9-32(13-17)27(35)38-3/h4-7,10-11,15,17,21H,8-9,12-14,29H2,1-3H3/t17?,21-/m0/s1. The number of nitrogens with zero attached hydrogens (tertiary/aromatic N) is 4. The second-order valence-electron chi connectivity index (χ2n) is 10.3. The molecule has 1 unspecified atom stereocenters. The summed E-state index contributed by atoms with van der Waals surface area (Å²) < 4.78 is 57.5. The van der Waals surface area contributed by atoms with Crippen molar-refractivity contribution in [1.82, 2.24) is 15.0 Å². The van der Waals surface area contributed by atoms with Gasteiger partial charge in [0.2, 0.25) is 17.6 Å². The van der Waals surface area contributed by atoms with Crippen molar-refractivity contribution in [3.05, 3.63) is 53.7 Å². The van der Waals surface area contributed by atoms with E-state index in [4.69, 9.17) is 19.7 Å². The highest BCUT2D eigenvalue weighted by atomic mass is 32.2. The van der Waals surface area contributed by atoms with Crippen molar-refractivity contribution in [3.8, 4) is 17.1 Å². The van der Waals surface area contributed by atoms with Crippen LogP contribution in [0.3, 0.4) is 0 Å². The smallest absolute Gasteiger partial charge is 0.409 e. The number of ether oxygens (including phenoxy) is 2. The zero-order chi connectivity index (χ0) is 29.5. The number of halogens is 1. The van der Waals surface area contributed by atoms with Crippen molar-refractivity contribution in [2.24, 2.45) is 5.73 Å². The minimum atomic E-state index is -4.11. The van der Waals surface area contributed by atoms with Crippen molar-refractivity contribution in [3.63, 3.8) is 0 Å². The van der Waals surface area contributed by atoms with Crippen LogP contribution in [0.15, 0.2) is 45.8 Å². The van der Waals surface area contributed by atoms with E-state index in [9.17, 15) is 18.0 Å². The van der Waals surface area contributed by atoms with Crippen LogP contribution in [0.2, 0.25) is 0 Å². The van der Waals surface area contributed by atoms with Crippen molar-refractivity contribution in [2.45, 2.75) is 49.8 Å². The van der Waals surface area contributed by atoms with Crippen LogP contribution < -0.4 is 15.4 Å². The van der Waals surface area contributed by atoms with Crippen molar-refractivity contribution in [1.29, 1.82) is 0 Å². The fourth-order valence-electron chi connectivity index (χ4n) is 4.95. The second-order valence-corrected chi connectivity index (χ2v) is 12.3. The fraction of sp³-hybridized carbons (Fsp3) is 0.407. The van der Waals surface area contributed by atoms with Gasteiger partial charge in [0, 0.05) is 13.1 Å². The molecule has 5 rings (SSSR count). The monoisotopic (exact) mass is 587 g/mol. The summed E-state index contributed by atoms with van der Waals surface area (Å²) >= 11 is 0. The quantitative estimate of drug-likeness (QED) is 0.455. The van der Waals surface area contributed by atoms with Crippen LogP contribution in [0.4, 0.5) is 14.9 Å². The molecule has 14 heteroatoms. The second kappa shape index (κ2) is 11.1. The Morgan fingerprint density at radius 3 is 2.66 bits per heavy atom. The molecule has 2 atom stereocenters. The minimum absolute atomic E-state index is 0.0228. The van der Waals surface area contributed by atoms with Gasteiger partial charge in [0.25, 0.3) is 0 Å². The Morgan fingerprint density at radius 2 is 1.98 bits per heavy atom. The Balaban J connectivity index is 1.51. The van der Waals surface area contributed by atoms with Gasteiger partial charge in [0.15, 0.2) is 9.84 Å². The predicted octanol–water partition coefficient (Wildman–Crippen LogP) is 2.87. The maximum absolute atomic E-state index is 15.4. The highest BCUT2D eigenvalue weighted by Crippen LogP contribution is 2.37. The highest BCUT2D eigenvalue weighted by Gasteiger charge is 2.38. The lowest BCUT2D eigenvalue weighted by molar-refractivity contribution is -0.119. The van der Waals surface area contributed by atoms with Crippen molar-refractivity contribution >= 4 is 27.5 Å². The number of methoxy groups -OCH3 is 1. The Kier molecular flexibility index (Phi) is 7.70. The molecule has 0 radical (unpaired) electrons. The van der Waals surface area contributed by atoms with Gasteiger partial charge >= 0.3 is 6.09 Å². The molecule has 0 spiro atoms. The molecule has 3 aromatic rings. The van der Waals surface area contributed by atoms with Gasteiger partial charge in [-0.2, -0.15) is 4.98 Å². The summed E-state index contributed by atoms with van der Waals surface area (Å²) in [6, 6.07) is 7.75. The number of amides is 2. The van der Waals surface area contributed by atoms with E-state index < -0.39 is 39.4 Å². The van der Waals surface area contributed by atoms with E-state index in [1.165, 1.54) is 23.0 Å². The zero-order valence-electron chi connectivity index (χ0n) is 22.7. The number of hydrogen-bond acceptors (Lipinski definition) is 10. The molecule has 0 saturated carbocycles. The van der Waals surface area contributed by atoms with Crippen LogP contribution in [0.1, 0.15) is 37.6 Å². The summed E-state index contributed by atoms with van der Waals surface area (Å²) in [5.74, 6) is -1.76. The van der Waals surface area contributed by atoms with Crippen LogP contribution >= 0.6 is 0 Å². The summed E-state index contributed by atoms with van der Waals surface area (Å²) in [6.45, 7) is 4.50. The fourth-order valence-corrected chi connectivity index (χ4v) is 6.52. The van der Waals surface area contributed by atoms with Crippen LogP contribution in [-0.4, -0.2) is 73.6 Å². The number of fused-ring (bicyclic) bond motifs is 1. The molecule has 0 bridgehead atoms. The number of anilines is 1. The number of nitrogens with two attached hydrogens (primary N) is 1. The first-order chi connectivity index (χ1) is 19.5. The van der Waals surface area contributed by atoms with Crippen LogP contribution in [-0.2, 0) is 25.9 Å². The van der Waals surface area contributed by atoms with E-state index in [2.05, 4.69) is 10.1 Å². The summed E-state index contributed by atoms with van der Waals surface area (Å²) in [6.07, 6.45) is 0.0425. The lowest BCUT2D eigenvalue weighted by atomic mass is 10.1. The largest absolute Gasteiger partial charge is 0.491 e. The molecule has 1 saturated heterocycles. The number of rotatable bonds is 6. The number of sulfone groups is 1. The minimum Gasteiger partial charge on any atom is -0.491 e. The molecule has 2 N–H and O–H groups in total. The van der Waals surface area contributed by atoms with Crippen molar-refractivity contribution < 1.29 is 36.4 Å². The highest BCUT2D eigenvalue weighted by molar-refractivity contribution is 7.91. The summed E-state index contributed by atoms with van der Waals surface area (Å²) in [5, 5.41) is 3.91. The molecule has 3 heterocycles. The molecule has 2 aliphatic heterocycles. The number of hydrogen-bond donors (Lipinski definition) is 1. The molecule has 1 fully saturated rings. The maximum atomic E-state index is 15.4. The topological polar surface area (TPSA) is 158 Å². The van der Waals surface area contributed by atoms with Gasteiger partial charge < -0.3 is 29.5 Å². The lowest BCUT2D eigenvalue weighted by Crippen LogP contribution is -2.45. The third kappa shape index (κ3) is 5.75. The number of aromatic nitrogens is 2. The van der Waals surface area contributed by atoms with Gasteiger partial charge in [-0.15, -0.1) is 0 Å². The third-order valence-electron chi connectivity index (χ3n) is 6.95. The zero-order valence-corrected chi connectivity index (χ0v) is 23.6. The molecule has 1 aromatic heterocycles. The van der Waals surface area contributed by atoms with E-state index >= 15 is 4.39 Å². The Labute approximate surface area is 236 Å². The Bertz CT molecular complexity index is 1580. The lowest BCUT2D eigenvalue weighted by Gasteiger charge is -2.25. The number of carbonyl (C=O) groups excluding carboxylic acids is 2. The number of benzene rings is 2. The van der Waals surface area contributed by atoms with E-state index in [1.807, 2.05) is 13.8 Å². The first-order valence-corrected chi connectivity index (χ1v) is 14.7. The van der Waals surface area contributed by atoms with E-state index in [0.717, 1.165) is 6.07 Å².